The average Bonchev–Trinajstić information content (AvgIpc) is 3.48. The fourth-order valence-corrected chi connectivity index (χ4v) is 3.90. The van der Waals surface area contributed by atoms with Crippen LogP contribution in [0.3, 0.4) is 0 Å². The number of aromatic amines is 1. The number of carbonyl (C=O) groups is 5. The number of nitrogens with zero attached hydrogens (tertiary/aromatic N) is 3. The van der Waals surface area contributed by atoms with E-state index in [0.717, 1.165) is 17.7 Å². The lowest BCUT2D eigenvalue weighted by molar-refractivity contribution is -0.146. The Kier molecular flexibility index (Phi) is 9.64. The van der Waals surface area contributed by atoms with Crippen molar-refractivity contribution in [1.29, 1.82) is 5.41 Å². The maximum absolute atomic E-state index is 13.6. The summed E-state index contributed by atoms with van der Waals surface area (Å²) in [5.41, 5.74) is 1.54. The Hall–Kier alpha value is -6.06. The fourth-order valence-electron chi connectivity index (χ4n) is 3.90. The number of hydrogen-bond acceptors (Lipinski definition) is 10. The van der Waals surface area contributed by atoms with Gasteiger partial charge in [-0.2, -0.15) is 0 Å². The molecule has 1 fully saturated rings. The van der Waals surface area contributed by atoms with Crippen molar-refractivity contribution in [3.05, 3.63) is 76.8 Å². The molecule has 4 rings (SSSR count). The van der Waals surface area contributed by atoms with E-state index in [1.54, 1.807) is 19.9 Å². The van der Waals surface area contributed by atoms with Crippen molar-refractivity contribution in [2.24, 2.45) is 4.99 Å². The van der Waals surface area contributed by atoms with E-state index in [0.29, 0.717) is 29.6 Å². The van der Waals surface area contributed by atoms with Crippen LogP contribution >= 0.6 is 0 Å². The fraction of sp³-hybridized carbons (Fsp3) is 0.214. The van der Waals surface area contributed by atoms with Gasteiger partial charge in [0, 0.05) is 36.0 Å². The lowest BCUT2D eigenvalue weighted by atomic mass is 10.1. The van der Waals surface area contributed by atoms with Gasteiger partial charge in [0.15, 0.2) is 11.7 Å². The summed E-state index contributed by atoms with van der Waals surface area (Å²) in [6.45, 7) is 2.35. The number of aliphatic carboxylic acids is 1. The molecule has 3 aromatic rings. The predicted molar refractivity (Wildman–Crippen MR) is 154 cm³/mol. The predicted octanol–water partition coefficient (Wildman–Crippen LogP) is 2.90. The van der Waals surface area contributed by atoms with Gasteiger partial charge < -0.3 is 34.7 Å². The molecule has 0 unspecified atom stereocenters. The van der Waals surface area contributed by atoms with Crippen molar-refractivity contribution in [3.63, 3.8) is 0 Å². The number of H-pyrrole nitrogens is 1. The Morgan fingerprint density at radius 2 is 1.93 bits per heavy atom. The molecule has 1 aromatic carbocycles. The maximum atomic E-state index is 13.6. The summed E-state index contributed by atoms with van der Waals surface area (Å²) in [7, 11) is 0. The topological polar surface area (TPSA) is 229 Å². The summed E-state index contributed by atoms with van der Waals surface area (Å²) in [5, 5.41) is 25.5. The van der Waals surface area contributed by atoms with Crippen LogP contribution in [0.2, 0.25) is 0 Å². The van der Waals surface area contributed by atoms with E-state index in [-0.39, 0.29) is 46.1 Å². The minimum atomic E-state index is -1.38. The first-order valence-electron chi connectivity index (χ1n) is 13.0. The number of aromatic nitrogens is 2. The quantitative estimate of drug-likeness (QED) is 0.0705. The minimum Gasteiger partial charge on any atom is -0.478 e. The molecule has 5 N–H and O–H groups in total. The monoisotopic (exact) mass is 605 g/mol. The van der Waals surface area contributed by atoms with Gasteiger partial charge in [-0.25, -0.2) is 24.3 Å². The van der Waals surface area contributed by atoms with Crippen LogP contribution in [0.5, 0.6) is 0 Å². The lowest BCUT2D eigenvalue weighted by Gasteiger charge is -2.25. The number of benzene rings is 1. The Morgan fingerprint density at radius 1 is 1.16 bits per heavy atom. The van der Waals surface area contributed by atoms with Gasteiger partial charge in [-0.3, -0.25) is 15.0 Å². The van der Waals surface area contributed by atoms with Gasteiger partial charge >= 0.3 is 18.0 Å². The van der Waals surface area contributed by atoms with Crippen molar-refractivity contribution in [2.75, 3.05) is 17.0 Å². The SMILES string of the molecule is Cc1ccc(C(=O)Nc2ccon2)cc1N(C(=O)OCOC(=O)/C=C/C(=O)O)C(=NC=N)c1[nH]cc(C(=O)NC2CC2)c1C. The molecule has 16 heteroatoms. The van der Waals surface area contributed by atoms with Gasteiger partial charge in [-0.05, 0) is 49.9 Å². The normalized spacial score (nSPS) is 12.8. The van der Waals surface area contributed by atoms with Gasteiger partial charge in [-0.1, -0.05) is 11.2 Å². The molecule has 0 spiro atoms. The van der Waals surface area contributed by atoms with Crippen molar-refractivity contribution >= 4 is 53.5 Å². The number of carbonyl (C=O) groups excluding carboxylic acids is 4. The second-order valence-electron chi connectivity index (χ2n) is 9.37. The van der Waals surface area contributed by atoms with Gasteiger partial charge in [0.25, 0.3) is 11.8 Å². The van der Waals surface area contributed by atoms with E-state index >= 15 is 0 Å². The summed E-state index contributed by atoms with van der Waals surface area (Å²) in [4.78, 5) is 69.8. The maximum Gasteiger partial charge on any atom is 0.423 e. The summed E-state index contributed by atoms with van der Waals surface area (Å²) in [6.07, 6.45) is 5.18. The number of nitrogens with one attached hydrogen (secondary N) is 4. The van der Waals surface area contributed by atoms with Crippen LogP contribution in [0.1, 0.15) is 50.4 Å². The second-order valence-corrected chi connectivity index (χ2v) is 9.37. The molecule has 2 heterocycles. The van der Waals surface area contributed by atoms with E-state index in [9.17, 15) is 24.0 Å². The van der Waals surface area contributed by atoms with Crippen molar-refractivity contribution in [3.8, 4) is 0 Å². The first-order valence-corrected chi connectivity index (χ1v) is 13.0. The standard InChI is InChI=1S/C28H27N7O9/c1-15-3-4-17(26(39)33-21-9-10-44-34-21)11-20(15)35(28(41)43-14-42-23(38)8-7-22(36)37)25(31-13-29)24-16(2)19(12-30-24)27(40)32-18-5-6-18/h3-4,7-13,18,29-30H,5-6,14H2,1-2H3,(H,32,40)(H,36,37)(H,33,34,39)/b8-7+,29-13?,31-25?. The molecule has 1 aliphatic rings. The van der Waals surface area contributed by atoms with Crippen LogP contribution in [0.4, 0.5) is 16.3 Å². The zero-order valence-electron chi connectivity index (χ0n) is 23.4. The highest BCUT2D eigenvalue weighted by molar-refractivity contribution is 6.24. The first-order chi connectivity index (χ1) is 21.1. The molecule has 228 valence electrons. The molecule has 0 radical (unpaired) electrons. The number of ether oxygens (including phenoxy) is 2. The van der Waals surface area contributed by atoms with Gasteiger partial charge in [0.2, 0.25) is 6.79 Å². The zero-order valence-corrected chi connectivity index (χ0v) is 23.4. The Morgan fingerprint density at radius 3 is 2.59 bits per heavy atom. The van der Waals surface area contributed by atoms with Crippen molar-refractivity contribution in [2.45, 2.75) is 32.7 Å². The molecule has 0 aliphatic heterocycles. The van der Waals surface area contributed by atoms with E-state index in [1.807, 2.05) is 0 Å². The highest BCUT2D eigenvalue weighted by Gasteiger charge is 2.31. The number of amides is 3. The van der Waals surface area contributed by atoms with Gasteiger partial charge in [0.05, 0.1) is 16.9 Å². The van der Waals surface area contributed by atoms with Crippen LogP contribution in [0, 0.1) is 19.3 Å². The number of carboxylic acid groups (broad SMARTS) is 1. The number of carboxylic acids is 1. The van der Waals surface area contributed by atoms with E-state index in [2.05, 4.69) is 25.8 Å². The number of aliphatic imine (C=N–C) groups is 1. The Bertz CT molecular complexity index is 1650. The van der Waals surface area contributed by atoms with Crippen LogP contribution in [-0.4, -0.2) is 70.1 Å². The molecule has 0 saturated heterocycles. The molecular formula is C28H27N7O9. The lowest BCUT2D eigenvalue weighted by Crippen LogP contribution is -2.40. The number of rotatable bonds is 11. The Balaban J connectivity index is 1.71. The highest BCUT2D eigenvalue weighted by atomic mass is 16.7. The number of anilines is 2. The summed E-state index contributed by atoms with van der Waals surface area (Å²) in [5.74, 6) is -3.42. The number of hydrogen-bond donors (Lipinski definition) is 5. The molecule has 1 aliphatic carbocycles. The van der Waals surface area contributed by atoms with Crippen LogP contribution in [-0.2, 0) is 19.1 Å². The third-order valence-electron chi connectivity index (χ3n) is 6.24. The molecule has 3 amide bonds. The van der Waals surface area contributed by atoms with Gasteiger partial charge in [0.1, 0.15) is 12.6 Å². The van der Waals surface area contributed by atoms with Crippen LogP contribution < -0.4 is 15.5 Å². The number of esters is 1. The minimum absolute atomic E-state index is 0.0864. The zero-order chi connectivity index (χ0) is 31.8. The molecular weight excluding hydrogens is 578 g/mol. The second kappa shape index (κ2) is 13.7. The third-order valence-corrected chi connectivity index (χ3v) is 6.24. The van der Waals surface area contributed by atoms with Crippen LogP contribution in [0.25, 0.3) is 0 Å². The molecule has 16 nitrogen and oxygen atoms in total. The first kappa shape index (κ1) is 30.9. The van der Waals surface area contributed by atoms with E-state index in [1.165, 1.54) is 30.7 Å². The molecule has 1 saturated carbocycles. The smallest absolute Gasteiger partial charge is 0.423 e. The molecule has 0 bridgehead atoms. The largest absolute Gasteiger partial charge is 0.478 e. The summed E-state index contributed by atoms with van der Waals surface area (Å²) < 4.78 is 14.7. The average molecular weight is 606 g/mol. The molecule has 0 atom stereocenters. The number of amidine groups is 1. The third kappa shape index (κ3) is 7.61. The summed E-state index contributed by atoms with van der Waals surface area (Å²) >= 11 is 0. The molecule has 2 aromatic heterocycles. The van der Waals surface area contributed by atoms with E-state index in [4.69, 9.17) is 24.5 Å². The number of aryl methyl sites for hydroxylation is 1. The Labute approximate surface area is 249 Å². The van der Waals surface area contributed by atoms with E-state index < -0.39 is 30.7 Å². The van der Waals surface area contributed by atoms with Crippen molar-refractivity contribution < 1.29 is 43.1 Å². The molecule has 44 heavy (non-hydrogen) atoms. The summed E-state index contributed by atoms with van der Waals surface area (Å²) in [6, 6.07) is 5.95. The van der Waals surface area contributed by atoms with Crippen LogP contribution in [0.15, 0.2) is 58.4 Å². The van der Waals surface area contributed by atoms with Gasteiger partial charge in [-0.15, -0.1) is 0 Å². The highest BCUT2D eigenvalue weighted by Crippen LogP contribution is 2.28. The van der Waals surface area contributed by atoms with Crippen molar-refractivity contribution in [1.82, 2.24) is 15.5 Å².